The molecule has 110 valence electrons. The van der Waals surface area contributed by atoms with Crippen LogP contribution >= 0.6 is 11.6 Å². The summed E-state index contributed by atoms with van der Waals surface area (Å²) in [5, 5.41) is 9.52. The van der Waals surface area contributed by atoms with E-state index in [9.17, 15) is 4.79 Å². The van der Waals surface area contributed by atoms with Crippen LogP contribution < -0.4 is 0 Å². The Bertz CT molecular complexity index is 456. The Labute approximate surface area is 125 Å². The van der Waals surface area contributed by atoms with Crippen LogP contribution in [0.25, 0.3) is 0 Å². The lowest BCUT2D eigenvalue weighted by Gasteiger charge is -2.36. The van der Waals surface area contributed by atoms with Gasteiger partial charge in [-0.05, 0) is 62.9 Å². The Morgan fingerprint density at radius 1 is 1.45 bits per heavy atom. The van der Waals surface area contributed by atoms with E-state index in [2.05, 4.69) is 17.9 Å². The molecule has 1 N–H and O–H groups in total. The minimum absolute atomic E-state index is 0.300. The van der Waals surface area contributed by atoms with Gasteiger partial charge in [-0.25, -0.2) is 0 Å². The zero-order chi connectivity index (χ0) is 14.5. The molecule has 0 spiro atoms. The quantitative estimate of drug-likeness (QED) is 0.893. The summed E-state index contributed by atoms with van der Waals surface area (Å²) >= 11 is 6.05. The molecular formula is C16H22ClNO2. The molecule has 1 saturated heterocycles. The maximum atomic E-state index is 10.6. The first-order chi connectivity index (χ1) is 9.56. The van der Waals surface area contributed by atoms with Crippen molar-refractivity contribution in [2.45, 2.75) is 38.6 Å². The summed E-state index contributed by atoms with van der Waals surface area (Å²) in [5.41, 5.74) is 1.25. The van der Waals surface area contributed by atoms with Gasteiger partial charge in [0.2, 0.25) is 0 Å². The summed E-state index contributed by atoms with van der Waals surface area (Å²) in [4.78, 5) is 13.1. The molecule has 1 aromatic carbocycles. The fraction of sp³-hybridized carbons (Fsp3) is 0.562. The van der Waals surface area contributed by atoms with Crippen molar-refractivity contribution in [1.82, 2.24) is 4.90 Å². The molecule has 0 saturated carbocycles. The van der Waals surface area contributed by atoms with Crippen molar-refractivity contribution in [3.8, 4) is 0 Å². The third-order valence-corrected chi connectivity index (χ3v) is 4.53. The van der Waals surface area contributed by atoms with Crippen molar-refractivity contribution in [3.05, 3.63) is 34.9 Å². The fourth-order valence-corrected chi connectivity index (χ4v) is 3.13. The number of rotatable bonds is 5. The van der Waals surface area contributed by atoms with E-state index in [0.29, 0.717) is 18.4 Å². The number of aliphatic carboxylic acids is 1. The summed E-state index contributed by atoms with van der Waals surface area (Å²) in [5.74, 6) is -0.117. The van der Waals surface area contributed by atoms with Gasteiger partial charge >= 0.3 is 5.97 Å². The van der Waals surface area contributed by atoms with Crippen LogP contribution in [0.3, 0.4) is 0 Å². The SMILES string of the molecule is CC(c1cccc(Cl)c1)N1CCC(CCC(=O)O)CC1. The number of piperidine rings is 1. The Morgan fingerprint density at radius 3 is 2.75 bits per heavy atom. The number of carboxylic acid groups (broad SMARTS) is 1. The van der Waals surface area contributed by atoms with Crippen LogP contribution in [0.15, 0.2) is 24.3 Å². The minimum atomic E-state index is -0.681. The van der Waals surface area contributed by atoms with Crippen LogP contribution in [-0.2, 0) is 4.79 Å². The Balaban J connectivity index is 1.85. The molecule has 4 heteroatoms. The monoisotopic (exact) mass is 295 g/mol. The van der Waals surface area contributed by atoms with Gasteiger partial charge in [0.25, 0.3) is 0 Å². The second kappa shape index (κ2) is 7.09. The molecule has 1 aliphatic heterocycles. The number of hydrogen-bond acceptors (Lipinski definition) is 2. The molecule has 0 amide bonds. The van der Waals surface area contributed by atoms with Gasteiger partial charge in [0, 0.05) is 17.5 Å². The van der Waals surface area contributed by atoms with E-state index in [1.54, 1.807) is 0 Å². The summed E-state index contributed by atoms with van der Waals surface area (Å²) in [7, 11) is 0. The zero-order valence-electron chi connectivity index (χ0n) is 11.9. The lowest BCUT2D eigenvalue weighted by atomic mass is 9.91. The summed E-state index contributed by atoms with van der Waals surface area (Å²) in [6.45, 7) is 4.29. The van der Waals surface area contributed by atoms with Crippen molar-refractivity contribution in [2.24, 2.45) is 5.92 Å². The number of nitrogens with zero attached hydrogens (tertiary/aromatic N) is 1. The molecule has 0 radical (unpaired) electrons. The van der Waals surface area contributed by atoms with E-state index in [0.717, 1.165) is 37.4 Å². The predicted molar refractivity (Wildman–Crippen MR) is 81.0 cm³/mol. The number of halogens is 1. The lowest BCUT2D eigenvalue weighted by Crippen LogP contribution is -2.35. The zero-order valence-corrected chi connectivity index (χ0v) is 12.6. The first-order valence-corrected chi connectivity index (χ1v) is 7.65. The summed E-state index contributed by atoms with van der Waals surface area (Å²) < 4.78 is 0. The second-order valence-electron chi connectivity index (χ2n) is 5.64. The molecule has 3 nitrogen and oxygen atoms in total. The van der Waals surface area contributed by atoms with Gasteiger partial charge in [0.1, 0.15) is 0 Å². The number of hydrogen-bond donors (Lipinski definition) is 1. The van der Waals surface area contributed by atoms with E-state index in [1.165, 1.54) is 5.56 Å². The second-order valence-corrected chi connectivity index (χ2v) is 6.08. The molecule has 20 heavy (non-hydrogen) atoms. The number of carbonyl (C=O) groups is 1. The van der Waals surface area contributed by atoms with E-state index in [1.807, 2.05) is 18.2 Å². The van der Waals surface area contributed by atoms with Crippen LogP contribution in [0, 0.1) is 5.92 Å². The van der Waals surface area contributed by atoms with Gasteiger partial charge in [-0.15, -0.1) is 0 Å². The molecular weight excluding hydrogens is 274 g/mol. The van der Waals surface area contributed by atoms with Gasteiger partial charge in [0.05, 0.1) is 0 Å². The molecule has 1 heterocycles. The van der Waals surface area contributed by atoms with Crippen LogP contribution in [-0.4, -0.2) is 29.1 Å². The van der Waals surface area contributed by atoms with E-state index >= 15 is 0 Å². The number of likely N-dealkylation sites (tertiary alicyclic amines) is 1. The maximum Gasteiger partial charge on any atom is 0.303 e. The van der Waals surface area contributed by atoms with Crippen LogP contribution in [0.1, 0.15) is 44.2 Å². The van der Waals surface area contributed by atoms with E-state index in [4.69, 9.17) is 16.7 Å². The third kappa shape index (κ3) is 4.22. The molecule has 0 aliphatic carbocycles. The highest BCUT2D eigenvalue weighted by molar-refractivity contribution is 6.30. The highest BCUT2D eigenvalue weighted by Gasteiger charge is 2.23. The van der Waals surface area contributed by atoms with Gasteiger partial charge in [-0.2, -0.15) is 0 Å². The van der Waals surface area contributed by atoms with Crippen molar-refractivity contribution in [1.29, 1.82) is 0 Å². The first-order valence-electron chi connectivity index (χ1n) is 7.27. The predicted octanol–water partition coefficient (Wildman–Crippen LogP) is 3.98. The molecule has 1 unspecified atom stereocenters. The molecule has 2 rings (SSSR count). The summed E-state index contributed by atoms with van der Waals surface area (Å²) in [6, 6.07) is 8.41. The van der Waals surface area contributed by atoms with Gasteiger partial charge in [-0.3, -0.25) is 9.69 Å². The highest BCUT2D eigenvalue weighted by atomic mass is 35.5. The van der Waals surface area contributed by atoms with Crippen LogP contribution in [0.4, 0.5) is 0 Å². The molecule has 0 bridgehead atoms. The van der Waals surface area contributed by atoms with E-state index in [-0.39, 0.29) is 0 Å². The standard InChI is InChI=1S/C16H22ClNO2/c1-12(14-3-2-4-15(17)11-14)18-9-7-13(8-10-18)5-6-16(19)20/h2-4,11-13H,5-10H2,1H3,(H,19,20). The van der Waals surface area contributed by atoms with Crippen molar-refractivity contribution >= 4 is 17.6 Å². The molecule has 0 aromatic heterocycles. The van der Waals surface area contributed by atoms with E-state index < -0.39 is 5.97 Å². The first kappa shape index (κ1) is 15.3. The minimum Gasteiger partial charge on any atom is -0.481 e. The van der Waals surface area contributed by atoms with Crippen molar-refractivity contribution in [3.63, 3.8) is 0 Å². The number of benzene rings is 1. The fourth-order valence-electron chi connectivity index (χ4n) is 2.93. The average molecular weight is 296 g/mol. The molecule has 1 aliphatic rings. The van der Waals surface area contributed by atoms with Crippen molar-refractivity contribution in [2.75, 3.05) is 13.1 Å². The van der Waals surface area contributed by atoms with Crippen LogP contribution in [0.5, 0.6) is 0 Å². The third-order valence-electron chi connectivity index (χ3n) is 4.29. The average Bonchev–Trinajstić information content (AvgIpc) is 2.45. The largest absolute Gasteiger partial charge is 0.481 e. The lowest BCUT2D eigenvalue weighted by molar-refractivity contribution is -0.137. The van der Waals surface area contributed by atoms with Crippen molar-refractivity contribution < 1.29 is 9.90 Å². The normalized spacial score (nSPS) is 18.9. The number of carboxylic acids is 1. The molecule has 1 atom stereocenters. The molecule has 1 fully saturated rings. The summed E-state index contributed by atoms with van der Waals surface area (Å²) in [6.07, 6.45) is 3.31. The smallest absolute Gasteiger partial charge is 0.303 e. The Hall–Kier alpha value is -1.06. The maximum absolute atomic E-state index is 10.6. The van der Waals surface area contributed by atoms with Gasteiger partial charge in [0.15, 0.2) is 0 Å². The van der Waals surface area contributed by atoms with Crippen LogP contribution in [0.2, 0.25) is 5.02 Å². The molecule has 1 aromatic rings. The van der Waals surface area contributed by atoms with Gasteiger partial charge in [-0.1, -0.05) is 23.7 Å². The Morgan fingerprint density at radius 2 is 2.15 bits per heavy atom. The topological polar surface area (TPSA) is 40.5 Å². The Kier molecular flexibility index (Phi) is 5.44. The highest BCUT2D eigenvalue weighted by Crippen LogP contribution is 2.29. The van der Waals surface area contributed by atoms with Gasteiger partial charge < -0.3 is 5.11 Å².